The highest BCUT2D eigenvalue weighted by atomic mass is 16.5. The van der Waals surface area contributed by atoms with Crippen molar-refractivity contribution in [2.45, 2.75) is 19.1 Å². The van der Waals surface area contributed by atoms with Crippen LogP contribution in [0.3, 0.4) is 0 Å². The summed E-state index contributed by atoms with van der Waals surface area (Å²) in [6.07, 6.45) is 10.2. The van der Waals surface area contributed by atoms with E-state index in [0.717, 1.165) is 11.8 Å². The molecule has 0 aromatic heterocycles. The molecule has 4 rings (SSSR count). The van der Waals surface area contributed by atoms with Crippen LogP contribution in [0.15, 0.2) is 24.3 Å². The summed E-state index contributed by atoms with van der Waals surface area (Å²) in [6.45, 7) is 2.39. The van der Waals surface area contributed by atoms with Gasteiger partial charge >= 0.3 is 0 Å². The standard InChI is InChI=1S/C11H12O/c1-11-5-4-6-7-2-3-8(12-7)10(11)9(6)11/h2-10H,1H3/t6?,7-,8+,9-,10?,11?/m0/s1. The molecular weight excluding hydrogens is 148 g/mol. The van der Waals surface area contributed by atoms with Gasteiger partial charge in [0, 0.05) is 11.8 Å². The summed E-state index contributed by atoms with van der Waals surface area (Å²) in [5, 5.41) is 0. The van der Waals surface area contributed by atoms with Gasteiger partial charge in [-0.25, -0.2) is 0 Å². The molecule has 1 heteroatoms. The monoisotopic (exact) mass is 160 g/mol. The van der Waals surface area contributed by atoms with Crippen LogP contribution in [0.5, 0.6) is 0 Å². The van der Waals surface area contributed by atoms with Gasteiger partial charge in [0.2, 0.25) is 0 Å². The number of allylic oxidation sites excluding steroid dienone is 1. The lowest BCUT2D eigenvalue weighted by molar-refractivity contribution is -0.0121. The highest BCUT2D eigenvalue weighted by molar-refractivity contribution is 5.37. The van der Waals surface area contributed by atoms with Crippen LogP contribution < -0.4 is 0 Å². The molecule has 0 N–H and O–H groups in total. The van der Waals surface area contributed by atoms with Crippen LogP contribution in [0.4, 0.5) is 0 Å². The number of fused-ring (bicyclic) bond motifs is 5. The molecule has 1 saturated heterocycles. The Balaban J connectivity index is 1.91. The van der Waals surface area contributed by atoms with Gasteiger partial charge in [0.1, 0.15) is 0 Å². The van der Waals surface area contributed by atoms with Crippen LogP contribution in [0.1, 0.15) is 6.92 Å². The van der Waals surface area contributed by atoms with E-state index in [-0.39, 0.29) is 0 Å². The molecule has 6 atom stereocenters. The van der Waals surface area contributed by atoms with Crippen LogP contribution >= 0.6 is 0 Å². The number of rotatable bonds is 0. The van der Waals surface area contributed by atoms with Gasteiger partial charge < -0.3 is 4.74 Å². The van der Waals surface area contributed by atoms with E-state index in [1.807, 2.05) is 0 Å². The van der Waals surface area contributed by atoms with E-state index in [0.29, 0.717) is 23.5 Å². The Bertz CT molecular complexity index is 317. The van der Waals surface area contributed by atoms with Gasteiger partial charge in [0.25, 0.3) is 0 Å². The van der Waals surface area contributed by atoms with Crippen LogP contribution in [0.25, 0.3) is 0 Å². The highest BCUT2D eigenvalue weighted by Crippen LogP contribution is 2.72. The average Bonchev–Trinajstić information content (AvgIpc) is 2.51. The summed E-state index contributed by atoms with van der Waals surface area (Å²) in [4.78, 5) is 0. The lowest BCUT2D eigenvalue weighted by Crippen LogP contribution is -2.29. The second-order valence-electron chi connectivity index (χ2n) is 4.80. The fourth-order valence-corrected chi connectivity index (χ4v) is 3.70. The van der Waals surface area contributed by atoms with Gasteiger partial charge in [-0.15, -0.1) is 0 Å². The summed E-state index contributed by atoms with van der Waals surface area (Å²) >= 11 is 0. The molecule has 0 amide bonds. The molecule has 2 aliphatic carbocycles. The molecule has 2 aliphatic heterocycles. The largest absolute Gasteiger partial charge is 0.366 e. The predicted molar refractivity (Wildman–Crippen MR) is 45.5 cm³/mol. The van der Waals surface area contributed by atoms with E-state index in [2.05, 4.69) is 31.2 Å². The van der Waals surface area contributed by atoms with Crippen molar-refractivity contribution in [1.82, 2.24) is 0 Å². The molecule has 1 nitrogen and oxygen atoms in total. The van der Waals surface area contributed by atoms with Crippen LogP contribution in [-0.4, -0.2) is 12.2 Å². The van der Waals surface area contributed by atoms with Crippen molar-refractivity contribution in [3.63, 3.8) is 0 Å². The lowest BCUT2D eigenvalue weighted by atomic mass is 9.96. The molecule has 62 valence electrons. The summed E-state index contributed by atoms with van der Waals surface area (Å²) in [7, 11) is 0. The fraction of sp³-hybridized carbons (Fsp3) is 0.636. The molecule has 1 saturated carbocycles. The molecule has 0 spiro atoms. The van der Waals surface area contributed by atoms with E-state index in [1.54, 1.807) is 0 Å². The Kier molecular flexibility index (Phi) is 0.716. The summed E-state index contributed by atoms with van der Waals surface area (Å²) in [6, 6.07) is 0. The Morgan fingerprint density at radius 3 is 2.83 bits per heavy atom. The first kappa shape index (κ1) is 5.98. The summed E-state index contributed by atoms with van der Waals surface area (Å²) in [5.74, 6) is 2.42. The first-order valence-electron chi connectivity index (χ1n) is 4.84. The Morgan fingerprint density at radius 2 is 1.92 bits per heavy atom. The SMILES string of the molecule is CC12C=CC3[C@H]1C2[C@H]1C=C[C@@H]3O1. The minimum Gasteiger partial charge on any atom is -0.366 e. The van der Waals surface area contributed by atoms with Gasteiger partial charge in [0.05, 0.1) is 12.2 Å². The molecule has 0 aromatic rings. The Labute approximate surface area is 72.1 Å². The van der Waals surface area contributed by atoms with E-state index >= 15 is 0 Å². The normalized spacial score (nSPS) is 68.6. The fourth-order valence-electron chi connectivity index (χ4n) is 3.70. The number of ether oxygens (including phenoxy) is 1. The van der Waals surface area contributed by atoms with E-state index < -0.39 is 0 Å². The molecule has 0 aromatic carbocycles. The van der Waals surface area contributed by atoms with Crippen molar-refractivity contribution in [3.05, 3.63) is 24.3 Å². The molecule has 2 fully saturated rings. The zero-order chi connectivity index (χ0) is 7.92. The van der Waals surface area contributed by atoms with E-state index in [1.165, 1.54) is 0 Å². The minimum atomic E-state index is 0.414. The van der Waals surface area contributed by atoms with Crippen molar-refractivity contribution in [1.29, 1.82) is 0 Å². The number of hydrogen-bond acceptors (Lipinski definition) is 1. The second kappa shape index (κ2) is 1.44. The maximum Gasteiger partial charge on any atom is 0.0830 e. The van der Waals surface area contributed by atoms with E-state index in [4.69, 9.17) is 4.74 Å². The van der Waals surface area contributed by atoms with Crippen molar-refractivity contribution >= 4 is 0 Å². The zero-order valence-corrected chi connectivity index (χ0v) is 7.10. The van der Waals surface area contributed by atoms with Gasteiger partial charge in [-0.1, -0.05) is 31.2 Å². The van der Waals surface area contributed by atoms with Crippen LogP contribution in [-0.2, 0) is 4.74 Å². The second-order valence-corrected chi connectivity index (χ2v) is 4.80. The maximum atomic E-state index is 5.89. The third-order valence-corrected chi connectivity index (χ3v) is 4.34. The quantitative estimate of drug-likeness (QED) is 0.491. The average molecular weight is 160 g/mol. The summed E-state index contributed by atoms with van der Waals surface area (Å²) < 4.78 is 5.89. The first-order valence-corrected chi connectivity index (χ1v) is 4.84. The molecule has 2 heterocycles. The molecule has 3 unspecified atom stereocenters. The van der Waals surface area contributed by atoms with Gasteiger partial charge in [0.15, 0.2) is 0 Å². The summed E-state index contributed by atoms with van der Waals surface area (Å²) in [5.41, 5.74) is 0.509. The van der Waals surface area contributed by atoms with Crippen molar-refractivity contribution in [2.75, 3.05) is 0 Å². The van der Waals surface area contributed by atoms with Crippen molar-refractivity contribution in [3.8, 4) is 0 Å². The van der Waals surface area contributed by atoms with Crippen LogP contribution in [0, 0.1) is 23.2 Å². The predicted octanol–water partition coefficient (Wildman–Crippen LogP) is 1.76. The number of hydrogen-bond donors (Lipinski definition) is 0. The Hall–Kier alpha value is -0.560. The van der Waals surface area contributed by atoms with E-state index in [9.17, 15) is 0 Å². The topological polar surface area (TPSA) is 9.23 Å². The first-order chi connectivity index (χ1) is 5.81. The van der Waals surface area contributed by atoms with Crippen molar-refractivity contribution in [2.24, 2.45) is 23.2 Å². The smallest absolute Gasteiger partial charge is 0.0830 e. The van der Waals surface area contributed by atoms with Gasteiger partial charge in [-0.05, 0) is 11.3 Å². The molecule has 2 bridgehead atoms. The Morgan fingerprint density at radius 1 is 1.08 bits per heavy atom. The maximum absolute atomic E-state index is 5.89. The third kappa shape index (κ3) is 0.411. The molecule has 4 aliphatic rings. The van der Waals surface area contributed by atoms with Crippen molar-refractivity contribution < 1.29 is 4.74 Å². The van der Waals surface area contributed by atoms with Gasteiger partial charge in [-0.2, -0.15) is 0 Å². The highest BCUT2D eigenvalue weighted by Gasteiger charge is 2.71. The van der Waals surface area contributed by atoms with Crippen LogP contribution in [0.2, 0.25) is 0 Å². The van der Waals surface area contributed by atoms with Gasteiger partial charge in [-0.3, -0.25) is 0 Å². The third-order valence-electron chi connectivity index (χ3n) is 4.34. The minimum absolute atomic E-state index is 0.414. The molecule has 12 heavy (non-hydrogen) atoms. The molecular formula is C11H12O. The molecule has 0 radical (unpaired) electrons. The zero-order valence-electron chi connectivity index (χ0n) is 7.10. The lowest BCUT2D eigenvalue weighted by Gasteiger charge is -2.26.